The van der Waals surface area contributed by atoms with E-state index in [4.69, 9.17) is 29.4 Å². The molecule has 3 aliphatic rings. The Morgan fingerprint density at radius 2 is 1.69 bits per heavy atom. The van der Waals surface area contributed by atoms with Crippen LogP contribution < -0.4 is 35.3 Å². The first kappa shape index (κ1) is 26.9. The summed E-state index contributed by atoms with van der Waals surface area (Å²) in [7, 11) is 2.91. The predicted molar refractivity (Wildman–Crippen MR) is 140 cm³/mol. The third kappa shape index (κ3) is 5.16. The van der Waals surface area contributed by atoms with Crippen molar-refractivity contribution >= 4 is 11.9 Å². The lowest BCUT2D eigenvalue weighted by Crippen LogP contribution is -2.42. The Balaban J connectivity index is 1.51. The highest BCUT2D eigenvalue weighted by atomic mass is 16.7. The summed E-state index contributed by atoms with van der Waals surface area (Å²) < 4.78 is 27.7. The van der Waals surface area contributed by atoms with Gasteiger partial charge in [-0.25, -0.2) is 0 Å². The van der Waals surface area contributed by atoms with Gasteiger partial charge in [0.25, 0.3) is 0 Å². The summed E-state index contributed by atoms with van der Waals surface area (Å²) in [5, 5.41) is 17.0. The van der Waals surface area contributed by atoms with Crippen LogP contribution in [0.3, 0.4) is 0 Å². The Labute approximate surface area is 226 Å². The van der Waals surface area contributed by atoms with Gasteiger partial charge in [-0.15, -0.1) is 0 Å². The van der Waals surface area contributed by atoms with Crippen LogP contribution in [-0.2, 0) is 14.3 Å². The standard InChI is InChI=1S/C28H35N3O8/c1-35-21-9-15(10-22(36-2)27(21)33)24-16-11-19-20(39-14-38-19)12-17(16)26(18-13-37-28(34)25(18)24)31-23(32)5-3-7-30-8-4-6-29/h9-12,18,24-26,30,33H,3-8,13-14,29H2,1-2H3,(H,31,32). The lowest BCUT2D eigenvalue weighted by atomic mass is 9.65. The largest absolute Gasteiger partial charge is 0.502 e. The maximum Gasteiger partial charge on any atom is 0.310 e. The summed E-state index contributed by atoms with van der Waals surface area (Å²) in [5.41, 5.74) is 7.88. The van der Waals surface area contributed by atoms with Gasteiger partial charge in [-0.2, -0.15) is 0 Å². The molecule has 11 heteroatoms. The molecular weight excluding hydrogens is 506 g/mol. The number of nitrogens with two attached hydrogens (primary N) is 1. The van der Waals surface area contributed by atoms with Crippen LogP contribution >= 0.6 is 0 Å². The Hall–Kier alpha value is -3.70. The smallest absolute Gasteiger partial charge is 0.310 e. The summed E-state index contributed by atoms with van der Waals surface area (Å²) in [6, 6.07) is 6.71. The van der Waals surface area contributed by atoms with E-state index in [1.54, 1.807) is 12.1 Å². The molecule has 0 bridgehead atoms. The number of rotatable bonds is 11. The molecule has 2 aliphatic heterocycles. The number of cyclic esters (lactones) is 1. The van der Waals surface area contributed by atoms with Crippen LogP contribution in [0.25, 0.3) is 0 Å². The number of benzene rings is 2. The highest BCUT2D eigenvalue weighted by Gasteiger charge is 2.53. The van der Waals surface area contributed by atoms with E-state index in [2.05, 4.69) is 10.6 Å². The summed E-state index contributed by atoms with van der Waals surface area (Å²) in [6.07, 6.45) is 1.91. The van der Waals surface area contributed by atoms with Gasteiger partial charge in [0.2, 0.25) is 18.4 Å². The fraction of sp³-hybridized carbons (Fsp3) is 0.500. The van der Waals surface area contributed by atoms with Crippen LogP contribution in [0.1, 0.15) is 47.9 Å². The summed E-state index contributed by atoms with van der Waals surface area (Å²) in [5.74, 6) is -0.328. The van der Waals surface area contributed by atoms with E-state index in [9.17, 15) is 14.7 Å². The number of nitrogens with one attached hydrogen (secondary N) is 2. The maximum absolute atomic E-state index is 13.2. The molecule has 4 unspecified atom stereocenters. The molecule has 0 saturated carbocycles. The molecule has 1 amide bonds. The molecule has 1 saturated heterocycles. The predicted octanol–water partition coefficient (Wildman–Crippen LogP) is 1.95. The van der Waals surface area contributed by atoms with Crippen LogP contribution in [0.5, 0.6) is 28.7 Å². The minimum atomic E-state index is -0.583. The van der Waals surface area contributed by atoms with Gasteiger partial charge in [-0.05, 0) is 73.4 Å². The first-order chi connectivity index (χ1) is 19.0. The van der Waals surface area contributed by atoms with Gasteiger partial charge in [-0.3, -0.25) is 9.59 Å². The normalized spacial score (nSPS) is 22.6. The molecular formula is C28H35N3O8. The van der Waals surface area contributed by atoms with Crippen LogP contribution in [-0.4, -0.2) is 64.2 Å². The van der Waals surface area contributed by atoms with Crippen molar-refractivity contribution in [3.63, 3.8) is 0 Å². The summed E-state index contributed by atoms with van der Waals surface area (Å²) in [6.45, 7) is 2.42. The van der Waals surface area contributed by atoms with Crippen molar-refractivity contribution in [1.29, 1.82) is 0 Å². The molecule has 5 N–H and O–H groups in total. The number of phenolic OH excluding ortho intramolecular Hbond substituents is 1. The number of fused-ring (bicyclic) bond motifs is 3. The summed E-state index contributed by atoms with van der Waals surface area (Å²) >= 11 is 0. The number of aromatic hydroxyl groups is 1. The van der Waals surface area contributed by atoms with Gasteiger partial charge in [0.05, 0.1) is 32.8 Å². The number of amides is 1. The Morgan fingerprint density at radius 3 is 2.36 bits per heavy atom. The van der Waals surface area contributed by atoms with Crippen molar-refractivity contribution in [3.8, 4) is 28.7 Å². The first-order valence-corrected chi connectivity index (χ1v) is 13.2. The number of carbonyl (C=O) groups excluding carboxylic acids is 2. The first-order valence-electron chi connectivity index (χ1n) is 13.2. The number of methoxy groups -OCH3 is 2. The monoisotopic (exact) mass is 541 g/mol. The number of esters is 1. The molecule has 11 nitrogen and oxygen atoms in total. The quantitative estimate of drug-likeness (QED) is 0.245. The van der Waals surface area contributed by atoms with E-state index in [0.717, 1.165) is 24.1 Å². The van der Waals surface area contributed by atoms with Gasteiger partial charge < -0.3 is 45.2 Å². The van der Waals surface area contributed by atoms with Crippen molar-refractivity contribution < 1.29 is 38.4 Å². The van der Waals surface area contributed by atoms with Gasteiger partial charge in [0, 0.05) is 18.3 Å². The molecule has 0 radical (unpaired) electrons. The van der Waals surface area contributed by atoms with Crippen LogP contribution in [0.2, 0.25) is 0 Å². The average molecular weight is 542 g/mol. The van der Waals surface area contributed by atoms with E-state index in [0.29, 0.717) is 43.0 Å². The van der Waals surface area contributed by atoms with Crippen LogP contribution in [0, 0.1) is 11.8 Å². The maximum atomic E-state index is 13.2. The zero-order valence-corrected chi connectivity index (χ0v) is 22.2. The highest BCUT2D eigenvalue weighted by molar-refractivity contribution is 5.81. The fourth-order valence-corrected chi connectivity index (χ4v) is 5.81. The van der Waals surface area contributed by atoms with E-state index in [1.807, 2.05) is 12.1 Å². The molecule has 1 aliphatic carbocycles. The number of hydrogen-bond acceptors (Lipinski definition) is 10. The Bertz CT molecular complexity index is 1210. The minimum absolute atomic E-state index is 0.0901. The van der Waals surface area contributed by atoms with E-state index >= 15 is 0 Å². The zero-order valence-electron chi connectivity index (χ0n) is 22.2. The second-order valence-electron chi connectivity index (χ2n) is 9.95. The number of phenols is 1. The third-order valence-corrected chi connectivity index (χ3v) is 7.68. The lowest BCUT2D eigenvalue weighted by Gasteiger charge is -2.39. The van der Waals surface area contributed by atoms with E-state index < -0.39 is 17.9 Å². The molecule has 2 aromatic rings. The minimum Gasteiger partial charge on any atom is -0.502 e. The number of ether oxygens (including phenoxy) is 5. The topological polar surface area (TPSA) is 151 Å². The summed E-state index contributed by atoms with van der Waals surface area (Å²) in [4.78, 5) is 26.3. The molecule has 2 aromatic carbocycles. The third-order valence-electron chi connectivity index (χ3n) is 7.68. The molecule has 2 heterocycles. The van der Waals surface area contributed by atoms with Crippen molar-refractivity contribution in [2.75, 3.05) is 47.3 Å². The number of carbonyl (C=O) groups is 2. The molecule has 5 rings (SSSR count). The second kappa shape index (κ2) is 11.6. The molecule has 39 heavy (non-hydrogen) atoms. The molecule has 1 fully saturated rings. The average Bonchev–Trinajstić information content (AvgIpc) is 3.56. The van der Waals surface area contributed by atoms with Crippen molar-refractivity contribution in [3.05, 3.63) is 41.0 Å². The molecule has 0 aromatic heterocycles. The van der Waals surface area contributed by atoms with Gasteiger partial charge in [0.15, 0.2) is 23.0 Å². The second-order valence-corrected chi connectivity index (χ2v) is 9.95. The van der Waals surface area contributed by atoms with E-state index in [1.165, 1.54) is 14.2 Å². The Morgan fingerprint density at radius 1 is 1.03 bits per heavy atom. The zero-order chi connectivity index (χ0) is 27.5. The van der Waals surface area contributed by atoms with Crippen molar-refractivity contribution in [2.24, 2.45) is 17.6 Å². The van der Waals surface area contributed by atoms with Crippen LogP contribution in [0.4, 0.5) is 0 Å². The van der Waals surface area contributed by atoms with Crippen molar-refractivity contribution in [1.82, 2.24) is 10.6 Å². The SMILES string of the molecule is COc1cc(C2c3cc4c(cc3C(NC(=O)CCCNCCCN)C3COC(=O)C23)OCO4)cc(OC)c1O. The number of hydrogen-bond donors (Lipinski definition) is 4. The van der Waals surface area contributed by atoms with Gasteiger partial charge in [0.1, 0.15) is 0 Å². The highest BCUT2D eigenvalue weighted by Crippen LogP contribution is 2.55. The molecule has 0 spiro atoms. The molecule has 210 valence electrons. The lowest BCUT2D eigenvalue weighted by molar-refractivity contribution is -0.141. The van der Waals surface area contributed by atoms with Crippen molar-refractivity contribution in [2.45, 2.75) is 31.2 Å². The van der Waals surface area contributed by atoms with Crippen LogP contribution in [0.15, 0.2) is 24.3 Å². The molecule has 4 atom stereocenters. The fourth-order valence-electron chi connectivity index (χ4n) is 5.81. The van der Waals surface area contributed by atoms with Gasteiger partial charge >= 0.3 is 5.97 Å². The Kier molecular flexibility index (Phi) is 7.99. The van der Waals surface area contributed by atoms with Gasteiger partial charge in [-0.1, -0.05) is 0 Å². The van der Waals surface area contributed by atoms with E-state index in [-0.39, 0.29) is 48.4 Å².